The molecule has 0 aliphatic carbocycles. The van der Waals surface area contributed by atoms with E-state index in [1.807, 2.05) is 54.6 Å². The van der Waals surface area contributed by atoms with E-state index in [2.05, 4.69) is 25.4 Å². The number of carbonyl (C=O) groups excluding carboxylic acids is 1. The first-order valence-electron chi connectivity index (χ1n) is 9.41. The van der Waals surface area contributed by atoms with Crippen molar-refractivity contribution in [2.45, 2.75) is 32.2 Å². The van der Waals surface area contributed by atoms with Gasteiger partial charge in [-0.15, -0.1) is 10.2 Å². The van der Waals surface area contributed by atoms with Crippen molar-refractivity contribution in [1.29, 1.82) is 0 Å². The third-order valence-electron chi connectivity index (χ3n) is 4.74. The number of hydrogen-bond donors (Lipinski definition) is 2. The Bertz CT molecular complexity index is 919. The molecule has 1 aromatic heterocycles. The van der Waals surface area contributed by atoms with E-state index < -0.39 is 0 Å². The van der Waals surface area contributed by atoms with Gasteiger partial charge in [0.05, 0.1) is 6.54 Å². The summed E-state index contributed by atoms with van der Waals surface area (Å²) in [6.07, 6.45) is 4.53. The van der Waals surface area contributed by atoms with Crippen molar-refractivity contribution in [3.63, 3.8) is 0 Å². The molecule has 1 amide bonds. The second-order valence-electron chi connectivity index (χ2n) is 6.75. The largest absolute Gasteiger partial charge is 0.376 e. The highest BCUT2D eigenvalue weighted by atomic mass is 16.1. The van der Waals surface area contributed by atoms with Crippen molar-refractivity contribution in [2.24, 2.45) is 0 Å². The normalized spacial score (nSPS) is 13.5. The van der Waals surface area contributed by atoms with E-state index in [4.69, 9.17) is 0 Å². The van der Waals surface area contributed by atoms with Gasteiger partial charge in [-0.2, -0.15) is 0 Å². The Morgan fingerprint density at radius 3 is 2.70 bits per heavy atom. The molecule has 0 saturated heterocycles. The van der Waals surface area contributed by atoms with Gasteiger partial charge < -0.3 is 15.2 Å². The molecule has 1 aliphatic rings. The minimum atomic E-state index is -0.0870. The van der Waals surface area contributed by atoms with E-state index >= 15 is 0 Å². The van der Waals surface area contributed by atoms with Gasteiger partial charge >= 0.3 is 0 Å². The fourth-order valence-electron chi connectivity index (χ4n) is 3.38. The monoisotopic (exact) mass is 361 g/mol. The van der Waals surface area contributed by atoms with Crippen molar-refractivity contribution < 1.29 is 4.79 Å². The van der Waals surface area contributed by atoms with Gasteiger partial charge in [0.2, 0.25) is 5.91 Å². The van der Waals surface area contributed by atoms with Gasteiger partial charge in [0.15, 0.2) is 5.82 Å². The molecule has 6 nitrogen and oxygen atoms in total. The van der Waals surface area contributed by atoms with Crippen molar-refractivity contribution in [2.75, 3.05) is 17.2 Å². The lowest BCUT2D eigenvalue weighted by molar-refractivity contribution is -0.114. The quantitative estimate of drug-likeness (QED) is 0.726. The molecule has 3 aromatic rings. The second kappa shape index (κ2) is 8.03. The second-order valence-corrected chi connectivity index (χ2v) is 6.75. The lowest BCUT2D eigenvalue weighted by Crippen LogP contribution is -2.21. The van der Waals surface area contributed by atoms with Crippen LogP contribution in [0, 0.1) is 0 Å². The Balaban J connectivity index is 1.45. The number of benzene rings is 2. The third kappa shape index (κ3) is 4.16. The molecular weight excluding hydrogens is 338 g/mol. The van der Waals surface area contributed by atoms with Gasteiger partial charge in [-0.3, -0.25) is 4.79 Å². The van der Waals surface area contributed by atoms with Crippen LogP contribution in [0.2, 0.25) is 0 Å². The first-order valence-corrected chi connectivity index (χ1v) is 9.41. The standard InChI is InChI=1S/C21H23N5O/c27-20(15-22-17-9-3-1-4-10-17)23-18-11-7-8-16(14-18)21-25-24-19-12-5-2-6-13-26(19)21/h1,3-4,7-11,14,22H,2,5-6,12-13,15H2,(H,23,27). The molecule has 0 fully saturated rings. The molecule has 2 aromatic carbocycles. The zero-order chi connectivity index (χ0) is 18.5. The summed E-state index contributed by atoms with van der Waals surface area (Å²) in [5.74, 6) is 1.85. The highest BCUT2D eigenvalue weighted by Gasteiger charge is 2.16. The van der Waals surface area contributed by atoms with Crippen LogP contribution in [0.5, 0.6) is 0 Å². The number of nitrogens with one attached hydrogen (secondary N) is 2. The zero-order valence-electron chi connectivity index (χ0n) is 15.2. The van der Waals surface area contributed by atoms with E-state index in [1.54, 1.807) is 0 Å². The van der Waals surface area contributed by atoms with Crippen molar-refractivity contribution in [3.05, 3.63) is 60.4 Å². The molecular formula is C21H23N5O. The Morgan fingerprint density at radius 2 is 1.81 bits per heavy atom. The number of anilines is 2. The highest BCUT2D eigenvalue weighted by Crippen LogP contribution is 2.24. The fraction of sp³-hybridized carbons (Fsp3) is 0.286. The van der Waals surface area contributed by atoms with E-state index in [9.17, 15) is 4.79 Å². The molecule has 2 heterocycles. The predicted octanol–water partition coefficient (Wildman–Crippen LogP) is 3.72. The number of fused-ring (bicyclic) bond motifs is 1. The summed E-state index contributed by atoms with van der Waals surface area (Å²) in [5, 5.41) is 14.8. The molecule has 0 saturated carbocycles. The number of amides is 1. The Labute approximate surface area is 158 Å². The number of aryl methyl sites for hydroxylation is 1. The SMILES string of the molecule is O=C(CNc1ccccc1)Nc1cccc(-c2nnc3n2CCCCC3)c1. The van der Waals surface area contributed by atoms with Crippen molar-refractivity contribution in [1.82, 2.24) is 14.8 Å². The van der Waals surface area contributed by atoms with Gasteiger partial charge in [-0.05, 0) is 37.1 Å². The summed E-state index contributed by atoms with van der Waals surface area (Å²) in [7, 11) is 0. The van der Waals surface area contributed by atoms with E-state index in [-0.39, 0.29) is 12.5 Å². The number of aromatic nitrogens is 3. The predicted molar refractivity (Wildman–Crippen MR) is 107 cm³/mol. The number of nitrogens with zero attached hydrogens (tertiary/aromatic N) is 3. The van der Waals surface area contributed by atoms with Gasteiger partial charge in [0.1, 0.15) is 5.82 Å². The molecule has 27 heavy (non-hydrogen) atoms. The van der Waals surface area contributed by atoms with Gasteiger partial charge in [0, 0.05) is 29.9 Å². The maximum atomic E-state index is 12.3. The Hall–Kier alpha value is -3.15. The van der Waals surface area contributed by atoms with Gasteiger partial charge in [-0.25, -0.2) is 0 Å². The Kier molecular flexibility index (Phi) is 5.14. The molecule has 4 rings (SSSR count). The molecule has 6 heteroatoms. The van der Waals surface area contributed by atoms with Crippen LogP contribution in [-0.4, -0.2) is 27.2 Å². The lowest BCUT2D eigenvalue weighted by Gasteiger charge is -2.10. The average Bonchev–Trinajstić information content (AvgIpc) is 2.96. The first kappa shape index (κ1) is 17.3. The van der Waals surface area contributed by atoms with Crippen LogP contribution in [-0.2, 0) is 17.8 Å². The molecule has 0 bridgehead atoms. The summed E-state index contributed by atoms with van der Waals surface area (Å²) in [6, 6.07) is 17.5. The molecule has 0 atom stereocenters. The number of carbonyl (C=O) groups is 1. The average molecular weight is 361 g/mol. The number of para-hydroxylation sites is 1. The van der Waals surface area contributed by atoms with Crippen molar-refractivity contribution in [3.8, 4) is 11.4 Å². The molecule has 2 N–H and O–H groups in total. The van der Waals surface area contributed by atoms with Crippen LogP contribution in [0.25, 0.3) is 11.4 Å². The zero-order valence-corrected chi connectivity index (χ0v) is 15.2. The van der Waals surface area contributed by atoms with Crippen LogP contribution in [0.4, 0.5) is 11.4 Å². The summed E-state index contributed by atoms with van der Waals surface area (Å²) in [6.45, 7) is 1.17. The van der Waals surface area contributed by atoms with Crippen LogP contribution < -0.4 is 10.6 Å². The smallest absolute Gasteiger partial charge is 0.243 e. The third-order valence-corrected chi connectivity index (χ3v) is 4.74. The number of rotatable bonds is 5. The minimum Gasteiger partial charge on any atom is -0.376 e. The summed E-state index contributed by atoms with van der Waals surface area (Å²) in [4.78, 5) is 12.3. The molecule has 138 valence electrons. The topological polar surface area (TPSA) is 71.8 Å². The highest BCUT2D eigenvalue weighted by molar-refractivity contribution is 5.94. The van der Waals surface area contributed by atoms with Gasteiger partial charge in [0.25, 0.3) is 0 Å². The summed E-state index contributed by atoms with van der Waals surface area (Å²) >= 11 is 0. The van der Waals surface area contributed by atoms with E-state index in [0.29, 0.717) is 0 Å². The molecule has 0 spiro atoms. The van der Waals surface area contributed by atoms with Crippen molar-refractivity contribution >= 4 is 17.3 Å². The maximum absolute atomic E-state index is 12.3. The molecule has 1 aliphatic heterocycles. The molecule has 0 unspecified atom stereocenters. The van der Waals surface area contributed by atoms with E-state index in [1.165, 1.54) is 12.8 Å². The molecule has 0 radical (unpaired) electrons. The minimum absolute atomic E-state index is 0.0870. The fourth-order valence-corrected chi connectivity index (χ4v) is 3.38. The van der Waals surface area contributed by atoms with Crippen LogP contribution in [0.1, 0.15) is 25.1 Å². The maximum Gasteiger partial charge on any atom is 0.243 e. The van der Waals surface area contributed by atoms with Gasteiger partial charge in [-0.1, -0.05) is 36.8 Å². The van der Waals surface area contributed by atoms with Crippen LogP contribution in [0.3, 0.4) is 0 Å². The van der Waals surface area contributed by atoms with Crippen LogP contribution in [0.15, 0.2) is 54.6 Å². The Morgan fingerprint density at radius 1 is 0.963 bits per heavy atom. The summed E-state index contributed by atoms with van der Waals surface area (Å²) < 4.78 is 2.21. The number of hydrogen-bond acceptors (Lipinski definition) is 4. The lowest BCUT2D eigenvalue weighted by atomic mass is 10.2. The van der Waals surface area contributed by atoms with Crippen LogP contribution >= 0.6 is 0 Å². The first-order chi connectivity index (χ1) is 13.3. The van der Waals surface area contributed by atoms with E-state index in [0.717, 1.165) is 48.0 Å². The summed E-state index contributed by atoms with van der Waals surface area (Å²) in [5.41, 5.74) is 2.66.